The van der Waals surface area contributed by atoms with Crippen molar-refractivity contribution < 1.29 is 9.32 Å². The molecule has 7 heteroatoms. The third-order valence-electron chi connectivity index (χ3n) is 5.09. The first kappa shape index (κ1) is 20.5. The Labute approximate surface area is 184 Å². The van der Waals surface area contributed by atoms with E-state index in [9.17, 15) is 4.79 Å². The van der Waals surface area contributed by atoms with Gasteiger partial charge in [0.05, 0.1) is 6.54 Å². The minimum Gasteiger partial charge on any atom is -0.338 e. The Bertz CT molecular complexity index is 1040. The van der Waals surface area contributed by atoms with Crippen LogP contribution in [0.1, 0.15) is 17.0 Å². The van der Waals surface area contributed by atoms with Crippen LogP contribution in [0.2, 0.25) is 0 Å². The number of rotatable bonds is 5. The maximum absolute atomic E-state index is 12.5. The van der Waals surface area contributed by atoms with Gasteiger partial charge in [0, 0.05) is 42.3 Å². The number of amides is 1. The highest BCUT2D eigenvalue weighted by Gasteiger charge is 2.21. The molecule has 0 spiro atoms. The zero-order valence-corrected chi connectivity index (χ0v) is 18.4. The summed E-state index contributed by atoms with van der Waals surface area (Å²) in [6.07, 6.45) is 3.49. The van der Waals surface area contributed by atoms with Crippen LogP contribution in [-0.4, -0.2) is 52.0 Å². The summed E-state index contributed by atoms with van der Waals surface area (Å²) in [7, 11) is 0. The number of piperazine rings is 1. The average Bonchev–Trinajstić information content (AvgIpc) is 3.21. The molecule has 2 heterocycles. The van der Waals surface area contributed by atoms with Gasteiger partial charge in [-0.05, 0) is 30.7 Å². The van der Waals surface area contributed by atoms with Gasteiger partial charge in [-0.25, -0.2) is 0 Å². The Morgan fingerprint density at radius 2 is 1.90 bits per heavy atom. The van der Waals surface area contributed by atoms with Gasteiger partial charge in [0.2, 0.25) is 17.6 Å². The first-order chi connectivity index (χ1) is 14.6. The number of hydrogen-bond donors (Lipinski definition) is 0. The molecule has 1 aliphatic heterocycles. The smallest absolute Gasteiger partial charge is 0.246 e. The number of aromatic nitrogens is 2. The summed E-state index contributed by atoms with van der Waals surface area (Å²) in [6, 6.07) is 15.9. The number of carbonyl (C=O) groups excluding carboxylic acids is 1. The number of benzene rings is 2. The van der Waals surface area contributed by atoms with Crippen molar-refractivity contribution in [3.8, 4) is 11.4 Å². The average molecular weight is 467 g/mol. The molecule has 154 valence electrons. The lowest BCUT2D eigenvalue weighted by molar-refractivity contribution is -0.127. The SMILES string of the molecule is Cc1ccc(-c2noc(CN3CCN(C(=O)C=Cc4cccc(Br)c4)CC3)n2)cc1. The molecule has 0 bridgehead atoms. The van der Waals surface area contributed by atoms with Crippen LogP contribution in [-0.2, 0) is 11.3 Å². The minimum atomic E-state index is 0.0362. The van der Waals surface area contributed by atoms with Gasteiger partial charge in [0.25, 0.3) is 0 Å². The fourth-order valence-corrected chi connectivity index (χ4v) is 3.76. The van der Waals surface area contributed by atoms with Crippen LogP contribution in [0.5, 0.6) is 0 Å². The number of hydrogen-bond acceptors (Lipinski definition) is 5. The highest BCUT2D eigenvalue weighted by atomic mass is 79.9. The topological polar surface area (TPSA) is 62.5 Å². The lowest BCUT2D eigenvalue weighted by Crippen LogP contribution is -2.47. The largest absolute Gasteiger partial charge is 0.338 e. The van der Waals surface area contributed by atoms with Crippen LogP contribution in [0.4, 0.5) is 0 Å². The Hall–Kier alpha value is -2.77. The highest BCUT2D eigenvalue weighted by Crippen LogP contribution is 2.18. The molecule has 0 unspecified atom stereocenters. The monoisotopic (exact) mass is 466 g/mol. The van der Waals surface area contributed by atoms with Gasteiger partial charge < -0.3 is 9.42 Å². The summed E-state index contributed by atoms with van der Waals surface area (Å²) in [5.74, 6) is 1.24. The van der Waals surface area contributed by atoms with Crippen LogP contribution in [0, 0.1) is 6.92 Å². The van der Waals surface area contributed by atoms with Crippen molar-refractivity contribution in [2.24, 2.45) is 0 Å². The molecule has 6 nitrogen and oxygen atoms in total. The molecule has 1 aromatic heterocycles. The molecule has 1 amide bonds. The first-order valence-corrected chi connectivity index (χ1v) is 10.7. The lowest BCUT2D eigenvalue weighted by Gasteiger charge is -2.33. The Kier molecular flexibility index (Phi) is 6.40. The van der Waals surface area contributed by atoms with Crippen molar-refractivity contribution in [1.29, 1.82) is 0 Å². The maximum atomic E-state index is 12.5. The fraction of sp³-hybridized carbons (Fsp3) is 0.261. The molecule has 0 N–H and O–H groups in total. The van der Waals surface area contributed by atoms with Gasteiger partial charge in [0.1, 0.15) is 0 Å². The molecule has 1 saturated heterocycles. The van der Waals surface area contributed by atoms with Gasteiger partial charge in [-0.2, -0.15) is 4.98 Å². The van der Waals surface area contributed by atoms with Crippen molar-refractivity contribution in [2.45, 2.75) is 13.5 Å². The Balaban J connectivity index is 1.28. The van der Waals surface area contributed by atoms with E-state index in [2.05, 4.69) is 31.0 Å². The van der Waals surface area contributed by atoms with E-state index in [4.69, 9.17) is 4.52 Å². The molecule has 1 fully saturated rings. The standard InChI is InChI=1S/C23H23BrN4O2/c1-17-5-8-19(9-6-17)23-25-21(30-26-23)16-27-11-13-28(14-12-27)22(29)10-7-18-3-2-4-20(24)15-18/h2-10,15H,11-14,16H2,1H3. The van der Waals surface area contributed by atoms with Crippen molar-refractivity contribution in [2.75, 3.05) is 26.2 Å². The number of nitrogens with zero attached hydrogens (tertiary/aromatic N) is 4. The summed E-state index contributed by atoms with van der Waals surface area (Å²) < 4.78 is 6.42. The van der Waals surface area contributed by atoms with E-state index < -0.39 is 0 Å². The maximum Gasteiger partial charge on any atom is 0.246 e. The van der Waals surface area contributed by atoms with Gasteiger partial charge in [-0.3, -0.25) is 9.69 Å². The van der Waals surface area contributed by atoms with Crippen molar-refractivity contribution in [3.63, 3.8) is 0 Å². The molecule has 30 heavy (non-hydrogen) atoms. The van der Waals surface area contributed by atoms with Gasteiger partial charge in [0.15, 0.2) is 0 Å². The molecule has 0 aliphatic carbocycles. The van der Waals surface area contributed by atoms with Crippen LogP contribution in [0.15, 0.2) is 63.6 Å². The molecule has 3 aromatic rings. The zero-order valence-electron chi connectivity index (χ0n) is 16.8. The molecule has 2 aromatic carbocycles. The van der Waals surface area contributed by atoms with Crippen molar-refractivity contribution in [1.82, 2.24) is 19.9 Å². The summed E-state index contributed by atoms with van der Waals surface area (Å²) in [5.41, 5.74) is 3.14. The molecule has 0 saturated carbocycles. The number of aryl methyl sites for hydroxylation is 1. The van der Waals surface area contributed by atoms with E-state index in [1.54, 1.807) is 6.08 Å². The van der Waals surface area contributed by atoms with E-state index >= 15 is 0 Å². The van der Waals surface area contributed by atoms with Gasteiger partial charge >= 0.3 is 0 Å². The molecular weight excluding hydrogens is 444 g/mol. The molecular formula is C23H23BrN4O2. The lowest BCUT2D eigenvalue weighted by atomic mass is 10.1. The molecule has 1 aliphatic rings. The second-order valence-electron chi connectivity index (χ2n) is 7.37. The summed E-state index contributed by atoms with van der Waals surface area (Å²) in [6.45, 7) is 5.56. The second kappa shape index (κ2) is 9.36. The van der Waals surface area contributed by atoms with E-state index in [1.165, 1.54) is 5.56 Å². The Morgan fingerprint density at radius 1 is 1.13 bits per heavy atom. The van der Waals surface area contributed by atoms with Crippen LogP contribution in [0.25, 0.3) is 17.5 Å². The van der Waals surface area contributed by atoms with Crippen LogP contribution in [0.3, 0.4) is 0 Å². The van der Waals surface area contributed by atoms with E-state index in [0.29, 0.717) is 31.3 Å². The van der Waals surface area contributed by atoms with Crippen LogP contribution < -0.4 is 0 Å². The van der Waals surface area contributed by atoms with E-state index in [-0.39, 0.29) is 5.91 Å². The molecule has 0 radical (unpaired) electrons. The van der Waals surface area contributed by atoms with E-state index in [0.717, 1.165) is 28.7 Å². The van der Waals surface area contributed by atoms with Gasteiger partial charge in [-0.1, -0.05) is 63.0 Å². The van der Waals surface area contributed by atoms with Gasteiger partial charge in [-0.15, -0.1) is 0 Å². The second-order valence-corrected chi connectivity index (χ2v) is 8.28. The third-order valence-corrected chi connectivity index (χ3v) is 5.58. The summed E-state index contributed by atoms with van der Waals surface area (Å²) in [5, 5.41) is 4.09. The van der Waals surface area contributed by atoms with E-state index in [1.807, 2.05) is 66.4 Å². The third kappa shape index (κ3) is 5.23. The quantitative estimate of drug-likeness (QED) is 0.528. The summed E-state index contributed by atoms with van der Waals surface area (Å²) >= 11 is 3.45. The number of carbonyl (C=O) groups is 1. The van der Waals surface area contributed by atoms with Crippen LogP contribution >= 0.6 is 15.9 Å². The van der Waals surface area contributed by atoms with Crippen molar-refractivity contribution >= 4 is 27.9 Å². The zero-order chi connectivity index (χ0) is 20.9. The fourth-order valence-electron chi connectivity index (χ4n) is 3.34. The predicted octanol–water partition coefficient (Wildman–Crippen LogP) is 4.17. The number of halogens is 1. The normalized spacial score (nSPS) is 15.1. The highest BCUT2D eigenvalue weighted by molar-refractivity contribution is 9.10. The molecule has 0 atom stereocenters. The summed E-state index contributed by atoms with van der Waals surface area (Å²) in [4.78, 5) is 21.1. The minimum absolute atomic E-state index is 0.0362. The molecule has 4 rings (SSSR count). The Morgan fingerprint density at radius 3 is 2.63 bits per heavy atom. The first-order valence-electron chi connectivity index (χ1n) is 9.91. The van der Waals surface area contributed by atoms with Crippen molar-refractivity contribution in [3.05, 3.63) is 76.1 Å². The predicted molar refractivity (Wildman–Crippen MR) is 120 cm³/mol.